The highest BCUT2D eigenvalue weighted by molar-refractivity contribution is 6.31. The van der Waals surface area contributed by atoms with Gasteiger partial charge in [0.15, 0.2) is 5.96 Å². The van der Waals surface area contributed by atoms with E-state index in [1.807, 2.05) is 18.2 Å². The summed E-state index contributed by atoms with van der Waals surface area (Å²) in [7, 11) is 1.76. The molecular formula is C27H37ClN6O. The van der Waals surface area contributed by atoms with Crippen molar-refractivity contribution in [3.05, 3.63) is 29.4 Å². The number of hydrogen-bond donors (Lipinski definition) is 2. The van der Waals surface area contributed by atoms with Gasteiger partial charge in [0.1, 0.15) is 11.4 Å². The number of benzene rings is 1. The summed E-state index contributed by atoms with van der Waals surface area (Å²) in [5.41, 5.74) is 7.10. The summed E-state index contributed by atoms with van der Waals surface area (Å²) in [6, 6.07) is 5.88. The second-order valence-electron chi connectivity index (χ2n) is 10.9. The van der Waals surface area contributed by atoms with E-state index in [1.165, 1.54) is 32.1 Å². The smallest absolute Gasteiger partial charge is 0.257 e. The van der Waals surface area contributed by atoms with Crippen LogP contribution in [-0.4, -0.2) is 45.4 Å². The molecule has 1 aromatic carbocycles. The van der Waals surface area contributed by atoms with Gasteiger partial charge in [0, 0.05) is 18.1 Å². The highest BCUT2D eigenvalue weighted by atomic mass is 35.5. The molecule has 2 aliphatic carbocycles. The summed E-state index contributed by atoms with van der Waals surface area (Å²) in [6.07, 6.45) is 15.3. The lowest BCUT2D eigenvalue weighted by atomic mass is 9.74. The van der Waals surface area contributed by atoms with Gasteiger partial charge in [0.25, 0.3) is 5.91 Å². The van der Waals surface area contributed by atoms with Gasteiger partial charge in [-0.15, -0.1) is 0 Å². The Kier molecular flexibility index (Phi) is 7.14. The van der Waals surface area contributed by atoms with Crippen LogP contribution < -0.4 is 11.1 Å². The van der Waals surface area contributed by atoms with E-state index < -0.39 is 5.54 Å². The number of carbonyl (C=O) groups is 1. The fourth-order valence-electron chi connectivity index (χ4n) is 6.42. The highest BCUT2D eigenvalue weighted by Gasteiger charge is 2.48. The molecule has 2 aromatic rings. The van der Waals surface area contributed by atoms with Crippen LogP contribution in [0.3, 0.4) is 0 Å². The molecule has 0 radical (unpaired) electrons. The van der Waals surface area contributed by atoms with E-state index in [1.54, 1.807) is 18.1 Å². The molecule has 0 spiro atoms. The Hall–Kier alpha value is -2.41. The number of carbonyl (C=O) groups excluding carboxylic acids is 1. The van der Waals surface area contributed by atoms with Crippen molar-refractivity contribution in [3.8, 4) is 0 Å². The zero-order chi connectivity index (χ0) is 24.4. The lowest BCUT2D eigenvalue weighted by molar-refractivity contribution is -0.131. The van der Waals surface area contributed by atoms with Crippen LogP contribution in [0.4, 0.5) is 5.82 Å². The van der Waals surface area contributed by atoms with Gasteiger partial charge in [-0.3, -0.25) is 14.7 Å². The maximum atomic E-state index is 13.4. The van der Waals surface area contributed by atoms with Crippen LogP contribution in [0.15, 0.2) is 29.4 Å². The van der Waals surface area contributed by atoms with Crippen LogP contribution >= 0.6 is 11.6 Å². The van der Waals surface area contributed by atoms with Crippen molar-refractivity contribution in [2.75, 3.05) is 12.4 Å². The van der Waals surface area contributed by atoms with E-state index in [0.29, 0.717) is 22.9 Å². The predicted octanol–water partition coefficient (Wildman–Crippen LogP) is 5.53. The van der Waals surface area contributed by atoms with E-state index in [9.17, 15) is 4.79 Å². The molecule has 3 atom stereocenters. The van der Waals surface area contributed by atoms with Gasteiger partial charge in [-0.05, 0) is 62.1 Å². The third-order valence-corrected chi connectivity index (χ3v) is 8.57. The van der Waals surface area contributed by atoms with Gasteiger partial charge >= 0.3 is 0 Å². The summed E-state index contributed by atoms with van der Waals surface area (Å²) >= 11 is 6.08. The minimum absolute atomic E-state index is 0.0833. The number of anilines is 1. The molecule has 1 aromatic heterocycles. The average molecular weight is 497 g/mol. The lowest BCUT2D eigenvalue weighted by Gasteiger charge is -2.35. The van der Waals surface area contributed by atoms with Crippen LogP contribution in [0.5, 0.6) is 0 Å². The normalized spacial score (nSPS) is 27.9. The van der Waals surface area contributed by atoms with Crippen molar-refractivity contribution in [1.29, 1.82) is 0 Å². The van der Waals surface area contributed by atoms with Gasteiger partial charge in [0.2, 0.25) is 0 Å². The number of amides is 1. The average Bonchev–Trinajstić information content (AvgIpc) is 3.07. The first kappa shape index (κ1) is 24.3. The van der Waals surface area contributed by atoms with E-state index >= 15 is 0 Å². The lowest BCUT2D eigenvalue weighted by Crippen LogP contribution is -2.44. The maximum absolute atomic E-state index is 13.4. The standard InChI is InChI=1S/C27H37ClN6O/c1-34-25(35)27(33-26(34)29,13-12-18-6-3-2-4-7-18)16-19-8-5-9-21(14-19)31-24-17-30-23-15-20(28)10-11-22(23)32-24/h10-11,15,17-19,21H,2-9,12-14,16H2,1H3,(H2,29,33)(H,31,32)/t19-,21+,27-/m0/s1. The third-order valence-electron chi connectivity index (χ3n) is 8.33. The summed E-state index contributed by atoms with van der Waals surface area (Å²) in [5.74, 6) is 2.39. The molecule has 188 valence electrons. The summed E-state index contributed by atoms with van der Waals surface area (Å²) < 4.78 is 0. The molecule has 0 unspecified atom stereocenters. The molecular weight excluding hydrogens is 460 g/mol. The number of guanidine groups is 1. The molecule has 8 heteroatoms. The predicted molar refractivity (Wildman–Crippen MR) is 141 cm³/mol. The molecule has 35 heavy (non-hydrogen) atoms. The molecule has 2 heterocycles. The summed E-state index contributed by atoms with van der Waals surface area (Å²) in [6.45, 7) is 0. The van der Waals surface area contributed by atoms with Crippen molar-refractivity contribution >= 4 is 40.3 Å². The molecule has 1 amide bonds. The Morgan fingerprint density at radius 2 is 1.91 bits per heavy atom. The third kappa shape index (κ3) is 5.40. The van der Waals surface area contributed by atoms with Gasteiger partial charge < -0.3 is 11.1 Å². The first-order valence-electron chi connectivity index (χ1n) is 13.2. The van der Waals surface area contributed by atoms with E-state index in [2.05, 4.69) is 10.3 Å². The zero-order valence-corrected chi connectivity index (χ0v) is 21.4. The first-order chi connectivity index (χ1) is 16.9. The Balaban J connectivity index is 1.26. The van der Waals surface area contributed by atoms with Gasteiger partial charge in [-0.2, -0.15) is 0 Å². The van der Waals surface area contributed by atoms with E-state index in [-0.39, 0.29) is 5.91 Å². The van der Waals surface area contributed by atoms with Crippen molar-refractivity contribution in [2.24, 2.45) is 22.6 Å². The number of aliphatic imine (C=N–C) groups is 1. The Morgan fingerprint density at radius 3 is 2.69 bits per heavy atom. The largest absolute Gasteiger partial charge is 0.369 e. The SMILES string of the molecule is CN1C(=O)[C@](CCC2CCCCC2)(C[C@H]2CCC[C@@H](Nc3cnc4cc(Cl)ccc4n3)C2)N=C1N. The number of nitrogens with zero attached hydrogens (tertiary/aromatic N) is 4. The highest BCUT2D eigenvalue weighted by Crippen LogP contribution is 2.41. The van der Waals surface area contributed by atoms with Crippen molar-refractivity contribution in [3.63, 3.8) is 0 Å². The number of fused-ring (bicyclic) bond motifs is 1. The summed E-state index contributed by atoms with van der Waals surface area (Å²) in [4.78, 5) is 29.0. The summed E-state index contributed by atoms with van der Waals surface area (Å²) in [5, 5.41) is 4.27. The quantitative estimate of drug-likeness (QED) is 0.525. The van der Waals surface area contributed by atoms with Crippen molar-refractivity contribution in [1.82, 2.24) is 14.9 Å². The fraction of sp³-hybridized carbons (Fsp3) is 0.630. The topological polar surface area (TPSA) is 96.5 Å². The molecule has 1 aliphatic heterocycles. The second-order valence-corrected chi connectivity index (χ2v) is 11.3. The van der Waals surface area contributed by atoms with Crippen molar-refractivity contribution < 1.29 is 4.79 Å². The number of rotatable bonds is 7. The van der Waals surface area contributed by atoms with Crippen LogP contribution in [0.25, 0.3) is 11.0 Å². The maximum Gasteiger partial charge on any atom is 0.257 e. The van der Waals surface area contributed by atoms with Crippen LogP contribution in [0, 0.1) is 11.8 Å². The number of hydrogen-bond acceptors (Lipinski definition) is 6. The second kappa shape index (κ2) is 10.3. The van der Waals surface area contributed by atoms with Gasteiger partial charge in [-0.25, -0.2) is 9.98 Å². The number of halogens is 1. The minimum atomic E-state index is -0.690. The van der Waals surface area contributed by atoms with Crippen LogP contribution in [-0.2, 0) is 4.79 Å². The molecule has 3 N–H and O–H groups in total. The first-order valence-corrected chi connectivity index (χ1v) is 13.6. The number of likely N-dealkylation sites (N-methyl/N-ethyl adjacent to an activating group) is 1. The monoisotopic (exact) mass is 496 g/mol. The van der Waals surface area contributed by atoms with Crippen molar-refractivity contribution in [2.45, 2.75) is 88.6 Å². The number of aromatic nitrogens is 2. The van der Waals surface area contributed by atoms with Gasteiger partial charge in [-0.1, -0.05) is 56.5 Å². The molecule has 7 nitrogen and oxygen atoms in total. The van der Waals surface area contributed by atoms with Crippen LogP contribution in [0.2, 0.25) is 5.02 Å². The Morgan fingerprint density at radius 1 is 1.11 bits per heavy atom. The molecule has 5 rings (SSSR count). The molecule has 3 aliphatic rings. The molecule has 0 saturated heterocycles. The minimum Gasteiger partial charge on any atom is -0.369 e. The number of nitrogens with two attached hydrogens (primary N) is 1. The fourth-order valence-corrected chi connectivity index (χ4v) is 6.59. The van der Waals surface area contributed by atoms with E-state index in [4.69, 9.17) is 27.3 Å². The molecule has 0 bridgehead atoms. The molecule has 2 saturated carbocycles. The number of nitrogens with one attached hydrogen (secondary N) is 1. The Bertz CT molecular complexity index is 1100. The van der Waals surface area contributed by atoms with Gasteiger partial charge in [0.05, 0.1) is 17.2 Å². The molecule has 2 fully saturated rings. The zero-order valence-electron chi connectivity index (χ0n) is 20.7. The van der Waals surface area contributed by atoms with Crippen LogP contribution in [0.1, 0.15) is 77.0 Å². The Labute approximate surface area is 212 Å². The van der Waals surface area contributed by atoms with E-state index in [0.717, 1.165) is 67.7 Å².